The monoisotopic (exact) mass is 283 g/mol. The van der Waals surface area contributed by atoms with Crippen LogP contribution in [0.25, 0.3) is 0 Å². The second kappa shape index (κ2) is 5.79. The number of aliphatic carboxylic acids is 1. The van der Waals surface area contributed by atoms with Crippen LogP contribution in [0.1, 0.15) is 32.4 Å². The maximum absolute atomic E-state index is 11.7. The van der Waals surface area contributed by atoms with Crippen LogP contribution in [0.15, 0.2) is 18.2 Å². The zero-order chi connectivity index (χ0) is 15.5. The van der Waals surface area contributed by atoms with Crippen molar-refractivity contribution in [2.24, 2.45) is 0 Å². The zero-order valence-corrected chi connectivity index (χ0v) is 11.4. The smallest absolute Gasteiger partial charge is 0.412 e. The summed E-state index contributed by atoms with van der Waals surface area (Å²) in [4.78, 5) is 22.5. The predicted octanol–water partition coefficient (Wildman–Crippen LogP) is 1.86. The summed E-state index contributed by atoms with van der Waals surface area (Å²) in [6.45, 7) is 4.97. The number of amides is 1. The van der Waals surface area contributed by atoms with Gasteiger partial charge in [0.05, 0.1) is 5.69 Å². The molecule has 0 aliphatic carbocycles. The van der Waals surface area contributed by atoms with E-state index >= 15 is 0 Å². The lowest BCUT2D eigenvalue weighted by Crippen LogP contribution is -2.28. The van der Waals surface area contributed by atoms with E-state index in [1.165, 1.54) is 18.2 Å². The molecular weight excluding hydrogens is 266 g/mol. The number of carboxylic acid groups (broad SMARTS) is 1. The normalized spacial score (nSPS) is 12.6. The number of carbonyl (C=O) groups is 2. The fraction of sp³-hybridized carbons (Fsp3) is 0.385. The second-order valence-electron chi connectivity index (χ2n) is 5.11. The second-order valence-corrected chi connectivity index (χ2v) is 5.11. The van der Waals surface area contributed by atoms with Gasteiger partial charge in [-0.3, -0.25) is 5.32 Å². The third-order valence-corrected chi connectivity index (χ3v) is 2.23. The lowest BCUT2D eigenvalue weighted by Gasteiger charge is -2.21. The number of ether oxygens (including phenoxy) is 1. The van der Waals surface area contributed by atoms with Crippen LogP contribution in [0.5, 0.6) is 5.75 Å². The Hall–Kier alpha value is -2.28. The van der Waals surface area contributed by atoms with E-state index in [0.29, 0.717) is 0 Å². The first-order chi connectivity index (χ1) is 9.11. The van der Waals surface area contributed by atoms with Crippen molar-refractivity contribution < 1.29 is 29.6 Å². The van der Waals surface area contributed by atoms with Crippen LogP contribution in [-0.2, 0) is 9.53 Å². The van der Waals surface area contributed by atoms with Crippen LogP contribution < -0.4 is 5.32 Å². The van der Waals surface area contributed by atoms with E-state index in [-0.39, 0.29) is 17.0 Å². The number of rotatable bonds is 3. The van der Waals surface area contributed by atoms with E-state index in [9.17, 15) is 19.8 Å². The number of aliphatic hydroxyl groups excluding tert-OH is 1. The van der Waals surface area contributed by atoms with Crippen LogP contribution in [0.2, 0.25) is 0 Å². The highest BCUT2D eigenvalue weighted by atomic mass is 16.6. The van der Waals surface area contributed by atoms with Crippen molar-refractivity contribution in [2.45, 2.75) is 32.5 Å². The molecule has 1 rings (SSSR count). The third kappa shape index (κ3) is 4.13. The number of carboxylic acids is 1. The summed E-state index contributed by atoms with van der Waals surface area (Å²) in [7, 11) is 0. The Labute approximate surface area is 115 Å². The molecule has 4 N–H and O–H groups in total. The minimum Gasteiger partial charge on any atom is -0.506 e. The molecule has 7 nitrogen and oxygen atoms in total. The van der Waals surface area contributed by atoms with Gasteiger partial charge in [-0.25, -0.2) is 9.59 Å². The Morgan fingerprint density at radius 2 is 1.90 bits per heavy atom. The van der Waals surface area contributed by atoms with Gasteiger partial charge >= 0.3 is 12.1 Å². The van der Waals surface area contributed by atoms with E-state index < -0.39 is 23.8 Å². The van der Waals surface area contributed by atoms with Crippen molar-refractivity contribution in [1.82, 2.24) is 0 Å². The summed E-state index contributed by atoms with van der Waals surface area (Å²) in [6.07, 6.45) is -2.73. The molecule has 0 spiro atoms. The number of phenols is 1. The molecule has 1 amide bonds. The van der Waals surface area contributed by atoms with Gasteiger partial charge in [-0.2, -0.15) is 0 Å². The van der Waals surface area contributed by atoms with Crippen molar-refractivity contribution in [3.8, 4) is 5.75 Å². The van der Waals surface area contributed by atoms with Crippen molar-refractivity contribution >= 4 is 17.7 Å². The van der Waals surface area contributed by atoms with E-state index in [4.69, 9.17) is 9.84 Å². The quantitative estimate of drug-likeness (QED) is 0.629. The molecule has 7 heteroatoms. The zero-order valence-electron chi connectivity index (χ0n) is 11.4. The van der Waals surface area contributed by atoms with Crippen molar-refractivity contribution in [2.75, 3.05) is 5.32 Å². The molecule has 0 radical (unpaired) electrons. The summed E-state index contributed by atoms with van der Waals surface area (Å²) in [5.74, 6) is -1.86. The summed E-state index contributed by atoms with van der Waals surface area (Å²) in [5.41, 5.74) is -1.08. The molecule has 1 aromatic rings. The molecule has 1 atom stereocenters. The van der Waals surface area contributed by atoms with E-state index in [1.807, 2.05) is 0 Å². The lowest BCUT2D eigenvalue weighted by atomic mass is 10.1. The molecule has 1 aromatic carbocycles. The number of hydrogen-bond acceptors (Lipinski definition) is 5. The number of para-hydroxylation sites is 1. The van der Waals surface area contributed by atoms with Gasteiger partial charge in [0.2, 0.25) is 0 Å². The standard InChI is InChI=1S/C13H17NO6/c1-13(2,3)20-12(19)14-9-7(10(16)11(17)18)5-4-6-8(9)15/h4-6,10,15-16H,1-3H3,(H,14,19)(H,17,18). The van der Waals surface area contributed by atoms with E-state index in [2.05, 4.69) is 5.32 Å². The Balaban J connectivity index is 3.05. The first kappa shape index (κ1) is 15.8. The molecule has 0 heterocycles. The molecule has 0 bridgehead atoms. The summed E-state index contributed by atoms with van der Waals surface area (Å²) in [5, 5.41) is 30.3. The van der Waals surface area contributed by atoms with Gasteiger partial charge in [-0.05, 0) is 26.8 Å². The average Bonchev–Trinajstić information content (AvgIpc) is 2.28. The van der Waals surface area contributed by atoms with Crippen LogP contribution in [0, 0.1) is 0 Å². The Kier molecular flexibility index (Phi) is 4.57. The van der Waals surface area contributed by atoms with Crippen LogP contribution >= 0.6 is 0 Å². The van der Waals surface area contributed by atoms with Gasteiger partial charge in [0.1, 0.15) is 11.4 Å². The number of anilines is 1. The lowest BCUT2D eigenvalue weighted by molar-refractivity contribution is -0.146. The summed E-state index contributed by atoms with van der Waals surface area (Å²) < 4.78 is 5.00. The predicted molar refractivity (Wildman–Crippen MR) is 70.6 cm³/mol. The summed E-state index contributed by atoms with van der Waals surface area (Å²) in [6, 6.07) is 3.90. The Morgan fingerprint density at radius 1 is 1.30 bits per heavy atom. The number of benzene rings is 1. The molecule has 0 aromatic heterocycles. The highest BCUT2D eigenvalue weighted by Crippen LogP contribution is 2.32. The van der Waals surface area contributed by atoms with Crippen LogP contribution in [-0.4, -0.2) is 33.0 Å². The number of phenolic OH excluding ortho intramolecular Hbond substituents is 1. The number of aromatic hydroxyl groups is 1. The maximum atomic E-state index is 11.7. The van der Waals surface area contributed by atoms with Crippen molar-refractivity contribution in [3.05, 3.63) is 23.8 Å². The van der Waals surface area contributed by atoms with Gasteiger partial charge in [0.25, 0.3) is 0 Å². The van der Waals surface area contributed by atoms with Gasteiger partial charge < -0.3 is 20.1 Å². The molecule has 0 fully saturated rings. The van der Waals surface area contributed by atoms with Crippen molar-refractivity contribution in [3.63, 3.8) is 0 Å². The van der Waals surface area contributed by atoms with Gasteiger partial charge in [-0.15, -0.1) is 0 Å². The van der Waals surface area contributed by atoms with Crippen molar-refractivity contribution in [1.29, 1.82) is 0 Å². The van der Waals surface area contributed by atoms with Crippen LogP contribution in [0.3, 0.4) is 0 Å². The molecule has 20 heavy (non-hydrogen) atoms. The number of nitrogens with one attached hydrogen (secondary N) is 1. The van der Waals surface area contributed by atoms with Crippen LogP contribution in [0.4, 0.5) is 10.5 Å². The number of carbonyl (C=O) groups excluding carboxylic acids is 1. The number of aliphatic hydroxyl groups is 1. The third-order valence-electron chi connectivity index (χ3n) is 2.23. The molecule has 0 saturated carbocycles. The minimum atomic E-state index is -1.87. The molecule has 0 saturated heterocycles. The maximum Gasteiger partial charge on any atom is 0.412 e. The fourth-order valence-electron chi connectivity index (χ4n) is 1.46. The first-order valence-electron chi connectivity index (χ1n) is 5.84. The molecular formula is C13H17NO6. The Morgan fingerprint density at radius 3 is 2.40 bits per heavy atom. The summed E-state index contributed by atoms with van der Waals surface area (Å²) >= 11 is 0. The van der Waals surface area contributed by atoms with Gasteiger partial charge in [0.15, 0.2) is 6.10 Å². The van der Waals surface area contributed by atoms with Gasteiger partial charge in [-0.1, -0.05) is 12.1 Å². The van der Waals surface area contributed by atoms with Gasteiger partial charge in [0, 0.05) is 5.56 Å². The largest absolute Gasteiger partial charge is 0.506 e. The SMILES string of the molecule is CC(C)(C)OC(=O)Nc1c(O)cccc1C(O)C(=O)O. The minimum absolute atomic E-state index is 0.136. The topological polar surface area (TPSA) is 116 Å². The average molecular weight is 283 g/mol. The highest BCUT2D eigenvalue weighted by molar-refractivity contribution is 5.90. The molecule has 0 aliphatic heterocycles. The Bertz CT molecular complexity index is 520. The molecule has 110 valence electrons. The highest BCUT2D eigenvalue weighted by Gasteiger charge is 2.24. The number of hydrogen-bond donors (Lipinski definition) is 4. The molecule has 0 aliphatic rings. The first-order valence-corrected chi connectivity index (χ1v) is 5.84. The molecule has 1 unspecified atom stereocenters. The van der Waals surface area contributed by atoms with E-state index in [1.54, 1.807) is 20.8 Å². The fourth-order valence-corrected chi connectivity index (χ4v) is 1.46. The van der Waals surface area contributed by atoms with E-state index in [0.717, 1.165) is 0 Å².